The van der Waals surface area contributed by atoms with Crippen LogP contribution in [-0.4, -0.2) is 41.3 Å². The van der Waals surface area contributed by atoms with Crippen molar-refractivity contribution in [1.82, 2.24) is 4.90 Å². The molecule has 7 heteroatoms. The third-order valence-electron chi connectivity index (χ3n) is 3.98. The molecule has 0 aromatic heterocycles. The van der Waals surface area contributed by atoms with Crippen molar-refractivity contribution in [3.05, 3.63) is 46.0 Å². The van der Waals surface area contributed by atoms with Gasteiger partial charge in [-0.1, -0.05) is 6.58 Å². The summed E-state index contributed by atoms with van der Waals surface area (Å²) in [5.41, 5.74) is 2.06. The van der Waals surface area contributed by atoms with Gasteiger partial charge < -0.3 is 9.80 Å². The quantitative estimate of drug-likeness (QED) is 0.471. The van der Waals surface area contributed by atoms with E-state index in [9.17, 15) is 19.7 Å². The Labute approximate surface area is 134 Å². The molecule has 2 amide bonds. The van der Waals surface area contributed by atoms with Crippen molar-refractivity contribution in [1.29, 1.82) is 0 Å². The van der Waals surface area contributed by atoms with Gasteiger partial charge in [-0.2, -0.15) is 0 Å². The fraction of sp³-hybridized carbons (Fsp3) is 0.375. The van der Waals surface area contributed by atoms with E-state index < -0.39 is 4.92 Å². The number of amides is 2. The molecule has 0 atom stereocenters. The Hall–Kier alpha value is -2.70. The number of carbonyl (C=O) groups is 2. The molecule has 0 bridgehead atoms. The molecule has 1 aromatic carbocycles. The van der Waals surface area contributed by atoms with Crippen LogP contribution >= 0.6 is 0 Å². The van der Waals surface area contributed by atoms with Crippen LogP contribution in [0, 0.1) is 17.0 Å². The van der Waals surface area contributed by atoms with E-state index in [4.69, 9.17) is 0 Å². The van der Waals surface area contributed by atoms with Crippen LogP contribution in [0.3, 0.4) is 0 Å². The highest BCUT2D eigenvalue weighted by Gasteiger charge is 2.29. The van der Waals surface area contributed by atoms with Crippen molar-refractivity contribution in [2.24, 2.45) is 0 Å². The Balaban J connectivity index is 2.26. The fourth-order valence-electron chi connectivity index (χ4n) is 2.73. The molecule has 0 radical (unpaired) electrons. The van der Waals surface area contributed by atoms with Crippen LogP contribution in [0.25, 0.3) is 0 Å². The minimum Gasteiger partial charge on any atom is -0.330 e. The number of fused-ring (bicyclic) bond motifs is 1. The lowest BCUT2D eigenvalue weighted by atomic mass is 10.1. The highest BCUT2D eigenvalue weighted by atomic mass is 16.6. The zero-order valence-electron chi connectivity index (χ0n) is 13.2. The molecule has 0 fully saturated rings. The Morgan fingerprint density at radius 1 is 1.48 bits per heavy atom. The first-order valence-corrected chi connectivity index (χ1v) is 7.38. The number of nitro groups is 1. The molecule has 1 aliphatic heterocycles. The maximum atomic E-state index is 12.5. The summed E-state index contributed by atoms with van der Waals surface area (Å²) in [4.78, 5) is 37.7. The second-order valence-electron chi connectivity index (χ2n) is 5.38. The summed E-state index contributed by atoms with van der Waals surface area (Å²) in [6, 6.07) is 3.20. The van der Waals surface area contributed by atoms with Gasteiger partial charge in [0.2, 0.25) is 11.8 Å². The molecule has 23 heavy (non-hydrogen) atoms. The Bertz CT molecular complexity index is 684. The molecule has 7 nitrogen and oxygen atoms in total. The van der Waals surface area contributed by atoms with Gasteiger partial charge in [-0.05, 0) is 38.0 Å². The number of hydrogen-bond donors (Lipinski definition) is 0. The van der Waals surface area contributed by atoms with Crippen LogP contribution in [0.4, 0.5) is 11.4 Å². The molecule has 122 valence electrons. The van der Waals surface area contributed by atoms with Gasteiger partial charge in [0.15, 0.2) is 0 Å². The second-order valence-corrected chi connectivity index (χ2v) is 5.38. The van der Waals surface area contributed by atoms with Crippen molar-refractivity contribution in [3.63, 3.8) is 0 Å². The number of nitrogens with zero attached hydrogens (tertiary/aromatic N) is 3. The number of rotatable bonds is 5. The molecule has 1 aromatic rings. The maximum absolute atomic E-state index is 12.5. The average molecular weight is 317 g/mol. The van der Waals surface area contributed by atoms with Gasteiger partial charge in [0.25, 0.3) is 5.69 Å². The van der Waals surface area contributed by atoms with E-state index in [2.05, 4.69) is 6.58 Å². The lowest BCUT2D eigenvalue weighted by Gasteiger charge is -2.23. The average Bonchev–Trinajstić information content (AvgIpc) is 2.93. The minimum absolute atomic E-state index is 0.00188. The van der Waals surface area contributed by atoms with E-state index in [1.54, 1.807) is 19.9 Å². The smallest absolute Gasteiger partial charge is 0.274 e. The second kappa shape index (κ2) is 6.60. The molecule has 0 unspecified atom stereocenters. The number of hydrogen-bond acceptors (Lipinski definition) is 4. The van der Waals surface area contributed by atoms with Crippen LogP contribution in [0.5, 0.6) is 0 Å². The van der Waals surface area contributed by atoms with Crippen molar-refractivity contribution in [3.8, 4) is 0 Å². The van der Waals surface area contributed by atoms with E-state index in [1.807, 2.05) is 0 Å². The molecule has 1 aliphatic rings. The van der Waals surface area contributed by atoms with Gasteiger partial charge in [-0.25, -0.2) is 0 Å². The number of benzene rings is 1. The van der Waals surface area contributed by atoms with Crippen LogP contribution in [0.1, 0.15) is 18.1 Å². The van der Waals surface area contributed by atoms with Gasteiger partial charge >= 0.3 is 0 Å². The SMILES string of the molecule is C=CC(=O)N(CC)CC(=O)N1CCc2cc(C)c([N+](=O)[O-])cc21. The minimum atomic E-state index is -0.448. The summed E-state index contributed by atoms with van der Waals surface area (Å²) in [7, 11) is 0. The number of aryl methyl sites for hydroxylation is 1. The summed E-state index contributed by atoms with van der Waals surface area (Å²) >= 11 is 0. The van der Waals surface area contributed by atoms with E-state index in [0.717, 1.165) is 5.56 Å². The standard InChI is InChI=1S/C16H19N3O4/c1-4-15(20)17(5-2)10-16(21)18-7-6-12-8-11(3)13(19(22)23)9-14(12)18/h4,8-9H,1,5-7,10H2,2-3H3. The summed E-state index contributed by atoms with van der Waals surface area (Å²) in [6.07, 6.45) is 1.82. The zero-order chi connectivity index (χ0) is 17.1. The summed E-state index contributed by atoms with van der Waals surface area (Å²) < 4.78 is 0. The van der Waals surface area contributed by atoms with E-state index in [-0.39, 0.29) is 24.0 Å². The molecule has 1 heterocycles. The van der Waals surface area contributed by atoms with Gasteiger partial charge in [0.05, 0.1) is 10.6 Å². The maximum Gasteiger partial charge on any atom is 0.274 e. The molecule has 2 rings (SSSR count). The topological polar surface area (TPSA) is 83.8 Å². The van der Waals surface area contributed by atoms with Crippen LogP contribution in [0.2, 0.25) is 0 Å². The van der Waals surface area contributed by atoms with Gasteiger partial charge in [0, 0.05) is 24.7 Å². The Morgan fingerprint density at radius 2 is 2.17 bits per heavy atom. The molecule has 0 N–H and O–H groups in total. The van der Waals surface area contributed by atoms with E-state index >= 15 is 0 Å². The van der Waals surface area contributed by atoms with Crippen LogP contribution < -0.4 is 4.90 Å². The summed E-state index contributed by atoms with van der Waals surface area (Å²) in [6.45, 7) is 7.68. The van der Waals surface area contributed by atoms with Crippen molar-refractivity contribution < 1.29 is 14.5 Å². The first kappa shape index (κ1) is 16.7. The fourth-order valence-corrected chi connectivity index (χ4v) is 2.73. The van der Waals surface area contributed by atoms with Gasteiger partial charge in [0.1, 0.15) is 6.54 Å². The number of anilines is 1. The van der Waals surface area contributed by atoms with Crippen LogP contribution in [0.15, 0.2) is 24.8 Å². The normalized spacial score (nSPS) is 12.7. The first-order chi connectivity index (χ1) is 10.9. The predicted octanol–water partition coefficient (Wildman–Crippen LogP) is 1.83. The largest absolute Gasteiger partial charge is 0.330 e. The lowest BCUT2D eigenvalue weighted by molar-refractivity contribution is -0.385. The number of carbonyl (C=O) groups excluding carboxylic acids is 2. The summed E-state index contributed by atoms with van der Waals surface area (Å²) in [5, 5.41) is 11.1. The molecule has 0 aliphatic carbocycles. The zero-order valence-corrected chi connectivity index (χ0v) is 13.2. The third-order valence-corrected chi connectivity index (χ3v) is 3.98. The number of nitro benzene ring substituents is 1. The molecular weight excluding hydrogens is 298 g/mol. The van der Waals surface area contributed by atoms with Crippen molar-refractivity contribution in [2.45, 2.75) is 20.3 Å². The van der Waals surface area contributed by atoms with Gasteiger partial charge in [-0.3, -0.25) is 19.7 Å². The molecular formula is C16H19N3O4. The van der Waals surface area contributed by atoms with Gasteiger partial charge in [-0.15, -0.1) is 0 Å². The predicted molar refractivity (Wildman–Crippen MR) is 86.3 cm³/mol. The third kappa shape index (κ3) is 3.23. The monoisotopic (exact) mass is 317 g/mol. The Kier molecular flexibility index (Phi) is 4.78. The highest BCUT2D eigenvalue weighted by Crippen LogP contribution is 2.34. The Morgan fingerprint density at radius 3 is 2.74 bits per heavy atom. The summed E-state index contributed by atoms with van der Waals surface area (Å²) in [5.74, 6) is -0.561. The lowest BCUT2D eigenvalue weighted by Crippen LogP contribution is -2.41. The van der Waals surface area contributed by atoms with Crippen molar-refractivity contribution in [2.75, 3.05) is 24.5 Å². The first-order valence-electron chi connectivity index (χ1n) is 7.38. The molecule has 0 saturated heterocycles. The highest BCUT2D eigenvalue weighted by molar-refractivity contribution is 6.00. The molecule has 0 spiro atoms. The number of likely N-dealkylation sites (N-methyl/N-ethyl adjacent to an activating group) is 1. The molecule has 0 saturated carbocycles. The van der Waals surface area contributed by atoms with E-state index in [1.165, 1.54) is 21.9 Å². The van der Waals surface area contributed by atoms with Crippen LogP contribution in [-0.2, 0) is 16.0 Å². The van der Waals surface area contributed by atoms with E-state index in [0.29, 0.717) is 30.8 Å². The van der Waals surface area contributed by atoms with Crippen molar-refractivity contribution >= 4 is 23.2 Å².